The zero-order valence-corrected chi connectivity index (χ0v) is 7.73. The van der Waals surface area contributed by atoms with Crippen molar-refractivity contribution in [3.63, 3.8) is 0 Å². The van der Waals surface area contributed by atoms with Crippen LogP contribution in [-0.2, 0) is 6.54 Å². The van der Waals surface area contributed by atoms with Gasteiger partial charge < -0.3 is 5.32 Å². The standard InChI is InChI=1S/C9H12N2S/c10-5-1-2-6-11-8-9-4-3-7-12-9/h3-4,7,11H,1-2,6,8H2. The summed E-state index contributed by atoms with van der Waals surface area (Å²) in [5.41, 5.74) is 0. The van der Waals surface area contributed by atoms with E-state index in [4.69, 9.17) is 5.26 Å². The summed E-state index contributed by atoms with van der Waals surface area (Å²) in [6.45, 7) is 1.87. The monoisotopic (exact) mass is 180 g/mol. The SMILES string of the molecule is N#CCCCNCc1cccs1. The van der Waals surface area contributed by atoms with E-state index in [1.54, 1.807) is 11.3 Å². The molecule has 0 saturated carbocycles. The first-order valence-electron chi connectivity index (χ1n) is 4.03. The lowest BCUT2D eigenvalue weighted by molar-refractivity contribution is 0.663. The van der Waals surface area contributed by atoms with Gasteiger partial charge in [0.25, 0.3) is 0 Å². The minimum absolute atomic E-state index is 0.650. The summed E-state index contributed by atoms with van der Waals surface area (Å²) >= 11 is 1.76. The lowest BCUT2D eigenvalue weighted by Gasteiger charge is -1.99. The fourth-order valence-electron chi connectivity index (χ4n) is 0.917. The average Bonchev–Trinajstić information content (AvgIpc) is 2.57. The topological polar surface area (TPSA) is 35.8 Å². The third-order valence-corrected chi connectivity index (χ3v) is 2.40. The maximum Gasteiger partial charge on any atom is 0.0622 e. The van der Waals surface area contributed by atoms with Crippen LogP contribution in [0.15, 0.2) is 17.5 Å². The molecule has 0 aromatic carbocycles. The van der Waals surface area contributed by atoms with Gasteiger partial charge in [-0.05, 0) is 24.4 Å². The molecular weight excluding hydrogens is 168 g/mol. The van der Waals surface area contributed by atoms with Crippen molar-refractivity contribution in [2.24, 2.45) is 0 Å². The fourth-order valence-corrected chi connectivity index (χ4v) is 1.59. The number of nitrogens with one attached hydrogen (secondary N) is 1. The number of hydrogen-bond acceptors (Lipinski definition) is 3. The van der Waals surface area contributed by atoms with E-state index in [-0.39, 0.29) is 0 Å². The van der Waals surface area contributed by atoms with E-state index >= 15 is 0 Å². The minimum Gasteiger partial charge on any atom is -0.312 e. The molecule has 3 heteroatoms. The van der Waals surface area contributed by atoms with Crippen LogP contribution >= 0.6 is 11.3 Å². The van der Waals surface area contributed by atoms with Crippen molar-refractivity contribution in [2.75, 3.05) is 6.54 Å². The maximum absolute atomic E-state index is 8.27. The van der Waals surface area contributed by atoms with Crippen molar-refractivity contribution in [1.29, 1.82) is 5.26 Å². The Morgan fingerprint density at radius 1 is 1.58 bits per heavy atom. The Hall–Kier alpha value is -0.850. The van der Waals surface area contributed by atoms with E-state index < -0.39 is 0 Å². The largest absolute Gasteiger partial charge is 0.312 e. The molecule has 1 N–H and O–H groups in total. The van der Waals surface area contributed by atoms with Gasteiger partial charge in [-0.2, -0.15) is 5.26 Å². The summed E-state index contributed by atoms with van der Waals surface area (Å²) in [6, 6.07) is 6.29. The van der Waals surface area contributed by atoms with Crippen LogP contribution in [0.4, 0.5) is 0 Å². The van der Waals surface area contributed by atoms with E-state index in [9.17, 15) is 0 Å². The molecule has 0 radical (unpaired) electrons. The zero-order chi connectivity index (χ0) is 8.65. The number of hydrogen-bond donors (Lipinski definition) is 1. The van der Waals surface area contributed by atoms with Crippen LogP contribution in [0, 0.1) is 11.3 Å². The van der Waals surface area contributed by atoms with Gasteiger partial charge in [-0.15, -0.1) is 11.3 Å². The number of thiophene rings is 1. The van der Waals surface area contributed by atoms with Crippen LogP contribution in [0.2, 0.25) is 0 Å². The van der Waals surface area contributed by atoms with Gasteiger partial charge in [0.15, 0.2) is 0 Å². The highest BCUT2D eigenvalue weighted by Gasteiger charge is 1.91. The van der Waals surface area contributed by atoms with Crippen LogP contribution in [0.25, 0.3) is 0 Å². The smallest absolute Gasteiger partial charge is 0.0622 e. The van der Waals surface area contributed by atoms with Crippen molar-refractivity contribution < 1.29 is 0 Å². The summed E-state index contributed by atoms with van der Waals surface area (Å²) in [5.74, 6) is 0. The van der Waals surface area contributed by atoms with Crippen molar-refractivity contribution in [1.82, 2.24) is 5.32 Å². The van der Waals surface area contributed by atoms with E-state index in [0.29, 0.717) is 6.42 Å². The Bertz CT molecular complexity index is 236. The van der Waals surface area contributed by atoms with Crippen LogP contribution in [-0.4, -0.2) is 6.54 Å². The molecule has 2 nitrogen and oxygen atoms in total. The van der Waals surface area contributed by atoms with Crippen LogP contribution in [0.5, 0.6) is 0 Å². The molecule has 0 unspecified atom stereocenters. The molecule has 0 atom stereocenters. The average molecular weight is 180 g/mol. The number of unbranched alkanes of at least 4 members (excludes halogenated alkanes) is 1. The van der Waals surface area contributed by atoms with Crippen molar-refractivity contribution in [2.45, 2.75) is 19.4 Å². The third kappa shape index (κ3) is 3.51. The highest BCUT2D eigenvalue weighted by molar-refractivity contribution is 7.09. The molecule has 0 bridgehead atoms. The first-order chi connectivity index (χ1) is 5.93. The van der Waals surface area contributed by atoms with Gasteiger partial charge in [-0.1, -0.05) is 6.07 Å². The number of nitrogens with zero attached hydrogens (tertiary/aromatic N) is 1. The second-order valence-electron chi connectivity index (χ2n) is 2.52. The maximum atomic E-state index is 8.27. The highest BCUT2D eigenvalue weighted by atomic mass is 32.1. The minimum atomic E-state index is 0.650. The Balaban J connectivity index is 2.01. The van der Waals surface area contributed by atoms with Gasteiger partial charge in [0.1, 0.15) is 0 Å². The normalized spacial score (nSPS) is 9.58. The van der Waals surface area contributed by atoms with Crippen molar-refractivity contribution in [3.05, 3.63) is 22.4 Å². The first kappa shape index (κ1) is 9.24. The molecule has 12 heavy (non-hydrogen) atoms. The Kier molecular flexibility index (Phi) is 4.43. The van der Waals surface area contributed by atoms with Gasteiger partial charge in [0.2, 0.25) is 0 Å². The summed E-state index contributed by atoms with van der Waals surface area (Å²) in [5, 5.41) is 13.6. The van der Waals surface area contributed by atoms with Gasteiger partial charge in [-0.3, -0.25) is 0 Å². The molecule has 1 aromatic heterocycles. The summed E-state index contributed by atoms with van der Waals surface area (Å²) in [6.07, 6.45) is 1.60. The molecule has 1 aromatic rings. The predicted octanol–water partition coefficient (Wildman–Crippen LogP) is 2.14. The van der Waals surface area contributed by atoms with E-state index in [0.717, 1.165) is 19.5 Å². The number of rotatable bonds is 5. The quantitative estimate of drug-likeness (QED) is 0.705. The van der Waals surface area contributed by atoms with Gasteiger partial charge in [0.05, 0.1) is 6.07 Å². The molecule has 0 fully saturated rings. The lowest BCUT2D eigenvalue weighted by Crippen LogP contribution is -2.13. The van der Waals surface area contributed by atoms with Gasteiger partial charge in [0, 0.05) is 17.8 Å². The Morgan fingerprint density at radius 3 is 3.17 bits per heavy atom. The predicted molar refractivity (Wildman–Crippen MR) is 50.9 cm³/mol. The van der Waals surface area contributed by atoms with Crippen LogP contribution in [0.3, 0.4) is 0 Å². The lowest BCUT2D eigenvalue weighted by atomic mass is 10.3. The second kappa shape index (κ2) is 5.76. The third-order valence-electron chi connectivity index (χ3n) is 1.52. The molecular formula is C9H12N2S. The molecule has 0 aliphatic rings. The fraction of sp³-hybridized carbons (Fsp3) is 0.444. The van der Waals surface area contributed by atoms with Crippen LogP contribution in [0.1, 0.15) is 17.7 Å². The van der Waals surface area contributed by atoms with E-state index in [1.165, 1.54) is 4.88 Å². The van der Waals surface area contributed by atoms with Gasteiger partial charge >= 0.3 is 0 Å². The molecule has 64 valence electrons. The van der Waals surface area contributed by atoms with Crippen molar-refractivity contribution >= 4 is 11.3 Å². The summed E-state index contributed by atoms with van der Waals surface area (Å²) in [4.78, 5) is 1.35. The second-order valence-corrected chi connectivity index (χ2v) is 3.55. The molecule has 0 saturated heterocycles. The van der Waals surface area contributed by atoms with E-state index in [1.807, 2.05) is 0 Å². The summed E-state index contributed by atoms with van der Waals surface area (Å²) in [7, 11) is 0. The molecule has 0 aliphatic heterocycles. The van der Waals surface area contributed by atoms with E-state index in [2.05, 4.69) is 28.9 Å². The van der Waals surface area contributed by atoms with Crippen molar-refractivity contribution in [3.8, 4) is 6.07 Å². The molecule has 0 amide bonds. The Labute approximate surface area is 76.8 Å². The summed E-state index contributed by atoms with van der Waals surface area (Å²) < 4.78 is 0. The van der Waals surface area contributed by atoms with Gasteiger partial charge in [-0.25, -0.2) is 0 Å². The number of nitriles is 1. The zero-order valence-electron chi connectivity index (χ0n) is 6.92. The molecule has 1 rings (SSSR count). The first-order valence-corrected chi connectivity index (χ1v) is 4.91. The highest BCUT2D eigenvalue weighted by Crippen LogP contribution is 2.07. The Morgan fingerprint density at radius 2 is 2.50 bits per heavy atom. The molecule has 1 heterocycles. The molecule has 0 spiro atoms. The molecule has 0 aliphatic carbocycles. The van der Waals surface area contributed by atoms with Crippen LogP contribution < -0.4 is 5.32 Å².